The highest BCUT2D eigenvalue weighted by molar-refractivity contribution is 5.12. The van der Waals surface area contributed by atoms with Gasteiger partial charge in [-0.3, -0.25) is 21.2 Å². The van der Waals surface area contributed by atoms with Gasteiger partial charge in [0.15, 0.2) is 0 Å². The number of nitrogens with one attached hydrogen (secondary N) is 1. The first kappa shape index (κ1) is 13.0. The summed E-state index contributed by atoms with van der Waals surface area (Å²) in [5.41, 5.74) is 4.17. The number of aromatic nitrogens is 1. The van der Waals surface area contributed by atoms with Gasteiger partial charge in [-0.15, -0.1) is 0 Å². The average Bonchev–Trinajstić information content (AvgIpc) is 2.93. The molecule has 0 bridgehead atoms. The molecule has 104 valence electrons. The molecule has 3 rings (SSSR count). The molecular weight excluding hydrogens is 240 g/mol. The van der Waals surface area contributed by atoms with Crippen molar-refractivity contribution in [2.24, 2.45) is 5.84 Å². The SMILES string of the molecule is NNC(Cc1ccncc1)C1CN2CCCC2CO1. The number of nitrogens with two attached hydrogens (primary N) is 1. The summed E-state index contributed by atoms with van der Waals surface area (Å²) in [5, 5.41) is 0. The van der Waals surface area contributed by atoms with Crippen molar-refractivity contribution in [3.8, 4) is 0 Å². The van der Waals surface area contributed by atoms with E-state index in [-0.39, 0.29) is 12.1 Å². The maximum Gasteiger partial charge on any atom is 0.0872 e. The summed E-state index contributed by atoms with van der Waals surface area (Å²) in [6.45, 7) is 3.04. The number of hydrogen-bond acceptors (Lipinski definition) is 5. The highest BCUT2D eigenvalue weighted by atomic mass is 16.5. The molecule has 0 aromatic carbocycles. The monoisotopic (exact) mass is 262 g/mol. The van der Waals surface area contributed by atoms with Gasteiger partial charge in [0.2, 0.25) is 0 Å². The van der Waals surface area contributed by atoms with Crippen molar-refractivity contribution in [2.45, 2.75) is 37.5 Å². The normalized spacial score (nSPS) is 29.1. The largest absolute Gasteiger partial charge is 0.374 e. The molecule has 3 atom stereocenters. The summed E-state index contributed by atoms with van der Waals surface area (Å²) in [5.74, 6) is 5.72. The first-order valence-electron chi connectivity index (χ1n) is 7.07. The molecule has 2 aliphatic heterocycles. The second-order valence-electron chi connectivity index (χ2n) is 5.50. The molecule has 5 heteroatoms. The van der Waals surface area contributed by atoms with Crippen molar-refractivity contribution < 1.29 is 4.74 Å². The fraction of sp³-hybridized carbons (Fsp3) is 0.643. The van der Waals surface area contributed by atoms with E-state index in [0.717, 1.165) is 19.6 Å². The Hall–Kier alpha value is -1.01. The van der Waals surface area contributed by atoms with Crippen LogP contribution < -0.4 is 11.3 Å². The minimum atomic E-state index is 0.156. The van der Waals surface area contributed by atoms with E-state index in [4.69, 9.17) is 10.6 Å². The Morgan fingerprint density at radius 3 is 3.11 bits per heavy atom. The van der Waals surface area contributed by atoms with Crippen LogP contribution >= 0.6 is 0 Å². The van der Waals surface area contributed by atoms with Crippen LogP contribution in [0.1, 0.15) is 18.4 Å². The molecule has 1 aromatic rings. The van der Waals surface area contributed by atoms with Gasteiger partial charge >= 0.3 is 0 Å². The summed E-state index contributed by atoms with van der Waals surface area (Å²) in [7, 11) is 0. The average molecular weight is 262 g/mol. The molecule has 1 aromatic heterocycles. The third kappa shape index (κ3) is 2.95. The molecule has 0 aliphatic carbocycles. The van der Waals surface area contributed by atoms with Crippen molar-refractivity contribution in [2.75, 3.05) is 19.7 Å². The lowest BCUT2D eigenvalue weighted by Gasteiger charge is -2.38. The third-order valence-electron chi connectivity index (χ3n) is 4.28. The minimum Gasteiger partial charge on any atom is -0.374 e. The first-order valence-corrected chi connectivity index (χ1v) is 7.07. The van der Waals surface area contributed by atoms with E-state index >= 15 is 0 Å². The Bertz CT molecular complexity index is 400. The number of rotatable bonds is 4. The summed E-state index contributed by atoms with van der Waals surface area (Å²) in [4.78, 5) is 6.59. The zero-order valence-corrected chi connectivity index (χ0v) is 11.2. The van der Waals surface area contributed by atoms with E-state index in [1.807, 2.05) is 24.5 Å². The van der Waals surface area contributed by atoms with Crippen molar-refractivity contribution in [3.05, 3.63) is 30.1 Å². The van der Waals surface area contributed by atoms with Crippen LogP contribution in [0.25, 0.3) is 0 Å². The van der Waals surface area contributed by atoms with Crippen LogP contribution in [0.4, 0.5) is 0 Å². The van der Waals surface area contributed by atoms with Crippen molar-refractivity contribution >= 4 is 0 Å². The second-order valence-corrected chi connectivity index (χ2v) is 5.50. The van der Waals surface area contributed by atoms with Gasteiger partial charge in [0, 0.05) is 25.0 Å². The van der Waals surface area contributed by atoms with Crippen LogP contribution in [0.15, 0.2) is 24.5 Å². The van der Waals surface area contributed by atoms with E-state index in [0.29, 0.717) is 6.04 Å². The first-order chi connectivity index (χ1) is 9.36. The Morgan fingerprint density at radius 1 is 1.47 bits per heavy atom. The highest BCUT2D eigenvalue weighted by Gasteiger charge is 2.35. The number of fused-ring (bicyclic) bond motifs is 1. The molecule has 3 unspecified atom stereocenters. The molecule has 0 amide bonds. The molecule has 0 radical (unpaired) electrons. The number of nitrogens with zero attached hydrogens (tertiary/aromatic N) is 2. The van der Waals surface area contributed by atoms with Gasteiger partial charge in [-0.05, 0) is 43.5 Å². The number of ether oxygens (including phenoxy) is 1. The number of pyridine rings is 1. The minimum absolute atomic E-state index is 0.156. The maximum absolute atomic E-state index is 6.02. The summed E-state index contributed by atoms with van der Waals surface area (Å²) in [6, 6.07) is 4.86. The van der Waals surface area contributed by atoms with Crippen LogP contribution in [0.2, 0.25) is 0 Å². The molecule has 2 saturated heterocycles. The zero-order valence-electron chi connectivity index (χ0n) is 11.2. The smallest absolute Gasteiger partial charge is 0.0872 e. The summed E-state index contributed by atoms with van der Waals surface area (Å²) in [6.07, 6.45) is 7.26. The number of morpholine rings is 1. The zero-order chi connectivity index (χ0) is 13.1. The number of hydrogen-bond donors (Lipinski definition) is 2. The van der Waals surface area contributed by atoms with E-state index in [1.165, 1.54) is 24.9 Å². The maximum atomic E-state index is 6.02. The second kappa shape index (κ2) is 5.96. The van der Waals surface area contributed by atoms with Crippen LogP contribution in [0, 0.1) is 0 Å². The van der Waals surface area contributed by atoms with Crippen LogP contribution in [-0.4, -0.2) is 47.8 Å². The molecule has 2 aliphatic rings. The van der Waals surface area contributed by atoms with Gasteiger partial charge in [0.25, 0.3) is 0 Å². The lowest BCUT2D eigenvalue weighted by molar-refractivity contribution is -0.0644. The van der Waals surface area contributed by atoms with Crippen LogP contribution in [-0.2, 0) is 11.2 Å². The van der Waals surface area contributed by atoms with Gasteiger partial charge in [-0.1, -0.05) is 0 Å². The molecule has 3 N–H and O–H groups in total. The lowest BCUT2D eigenvalue weighted by Crippen LogP contribution is -2.56. The molecule has 0 spiro atoms. The fourth-order valence-electron chi connectivity index (χ4n) is 3.16. The van der Waals surface area contributed by atoms with Gasteiger partial charge < -0.3 is 4.74 Å². The fourth-order valence-corrected chi connectivity index (χ4v) is 3.16. The highest BCUT2D eigenvalue weighted by Crippen LogP contribution is 2.24. The van der Waals surface area contributed by atoms with E-state index in [9.17, 15) is 0 Å². The summed E-state index contributed by atoms with van der Waals surface area (Å²) >= 11 is 0. The van der Waals surface area contributed by atoms with Gasteiger partial charge in [-0.25, -0.2) is 0 Å². The topological polar surface area (TPSA) is 63.4 Å². The standard InChI is InChI=1S/C14H22N4O/c15-17-13(8-11-3-5-16-6-4-11)14-9-18-7-1-2-12(18)10-19-14/h3-6,12-14,17H,1-2,7-10,15H2. The Morgan fingerprint density at radius 2 is 2.32 bits per heavy atom. The van der Waals surface area contributed by atoms with Crippen LogP contribution in [0.5, 0.6) is 0 Å². The predicted octanol–water partition coefficient (Wildman–Crippen LogP) is 0.319. The van der Waals surface area contributed by atoms with E-state index < -0.39 is 0 Å². The van der Waals surface area contributed by atoms with E-state index in [1.54, 1.807) is 0 Å². The quantitative estimate of drug-likeness (QED) is 0.604. The van der Waals surface area contributed by atoms with Gasteiger partial charge in [0.05, 0.1) is 18.8 Å². The van der Waals surface area contributed by atoms with E-state index in [2.05, 4.69) is 15.3 Å². The molecular formula is C14H22N4O. The number of hydrazine groups is 1. The Kier molecular flexibility index (Phi) is 4.08. The van der Waals surface area contributed by atoms with Gasteiger partial charge in [-0.2, -0.15) is 0 Å². The molecule has 19 heavy (non-hydrogen) atoms. The van der Waals surface area contributed by atoms with Crippen molar-refractivity contribution in [3.63, 3.8) is 0 Å². The molecule has 3 heterocycles. The summed E-state index contributed by atoms with van der Waals surface area (Å²) < 4.78 is 6.02. The van der Waals surface area contributed by atoms with Gasteiger partial charge in [0.1, 0.15) is 0 Å². The Labute approximate surface area is 114 Å². The Balaban J connectivity index is 1.62. The molecule has 5 nitrogen and oxygen atoms in total. The molecule has 0 saturated carbocycles. The van der Waals surface area contributed by atoms with Crippen molar-refractivity contribution in [1.29, 1.82) is 0 Å². The van der Waals surface area contributed by atoms with Crippen LogP contribution in [0.3, 0.4) is 0 Å². The lowest BCUT2D eigenvalue weighted by atomic mass is 10.0. The predicted molar refractivity (Wildman–Crippen MR) is 73.4 cm³/mol. The third-order valence-corrected chi connectivity index (χ3v) is 4.28. The molecule has 2 fully saturated rings. The van der Waals surface area contributed by atoms with Crippen molar-refractivity contribution in [1.82, 2.24) is 15.3 Å².